The first kappa shape index (κ1) is 19.4. The van der Waals surface area contributed by atoms with Crippen molar-refractivity contribution in [2.75, 3.05) is 40.2 Å². The van der Waals surface area contributed by atoms with E-state index in [2.05, 4.69) is 21.6 Å². The fourth-order valence-electron chi connectivity index (χ4n) is 2.33. The van der Waals surface area contributed by atoms with E-state index in [-0.39, 0.29) is 12.1 Å². The Morgan fingerprint density at radius 3 is 2.56 bits per heavy atom. The van der Waals surface area contributed by atoms with E-state index in [1.165, 1.54) is 19.1 Å². The number of nitrogens with one attached hydrogen (secondary N) is 2. The molecule has 6 nitrogen and oxygen atoms in total. The average Bonchev–Trinajstić information content (AvgIpc) is 3.09. The molecule has 0 aliphatic heterocycles. The highest BCUT2D eigenvalue weighted by Crippen LogP contribution is 2.35. The predicted octanol–water partition coefficient (Wildman–Crippen LogP) is 3.84. The van der Waals surface area contributed by atoms with Crippen molar-refractivity contribution >= 4 is 34.7 Å². The van der Waals surface area contributed by atoms with Crippen molar-refractivity contribution in [2.24, 2.45) is 0 Å². The van der Waals surface area contributed by atoms with Crippen LogP contribution in [0, 0.1) is 0 Å². The number of ether oxygens (including phenoxy) is 2. The first-order chi connectivity index (χ1) is 12.0. The van der Waals surface area contributed by atoms with E-state index in [1.807, 2.05) is 25.5 Å². The standard InChI is InChI=1S/C17H22ClN3O3S/c1-21(2)13(16-6-5-7-25-16)10-19-17(22)20-12-8-11(18)14(23-3)9-15(12)24-4/h5-9,13H,10H2,1-4H3,(H2,19,20,22)/t13-/m0/s1. The molecule has 0 saturated heterocycles. The van der Waals surface area contributed by atoms with Gasteiger partial charge in [0.15, 0.2) is 0 Å². The van der Waals surface area contributed by atoms with Crippen molar-refractivity contribution in [3.63, 3.8) is 0 Å². The van der Waals surface area contributed by atoms with E-state index in [1.54, 1.807) is 23.5 Å². The third-order valence-electron chi connectivity index (χ3n) is 3.67. The van der Waals surface area contributed by atoms with Crippen LogP contribution >= 0.6 is 22.9 Å². The van der Waals surface area contributed by atoms with Gasteiger partial charge in [0, 0.05) is 17.5 Å². The molecule has 0 fully saturated rings. The first-order valence-electron chi connectivity index (χ1n) is 7.62. The molecule has 0 unspecified atom stereocenters. The first-order valence-corrected chi connectivity index (χ1v) is 8.88. The van der Waals surface area contributed by atoms with Crippen LogP contribution in [-0.2, 0) is 0 Å². The number of amides is 2. The van der Waals surface area contributed by atoms with E-state index in [0.29, 0.717) is 28.8 Å². The topological polar surface area (TPSA) is 62.8 Å². The van der Waals surface area contributed by atoms with Gasteiger partial charge < -0.3 is 25.0 Å². The van der Waals surface area contributed by atoms with Gasteiger partial charge >= 0.3 is 6.03 Å². The number of hydrogen-bond acceptors (Lipinski definition) is 5. The normalized spacial score (nSPS) is 11.9. The van der Waals surface area contributed by atoms with Crippen molar-refractivity contribution in [1.29, 1.82) is 0 Å². The second-order valence-electron chi connectivity index (χ2n) is 5.52. The van der Waals surface area contributed by atoms with Gasteiger partial charge in [0.1, 0.15) is 11.5 Å². The van der Waals surface area contributed by atoms with E-state index < -0.39 is 0 Å². The van der Waals surface area contributed by atoms with Gasteiger partial charge in [-0.05, 0) is 31.6 Å². The Kier molecular flexibility index (Phi) is 6.92. The molecule has 2 N–H and O–H groups in total. The highest BCUT2D eigenvalue weighted by atomic mass is 35.5. The predicted molar refractivity (Wildman–Crippen MR) is 102 cm³/mol. The number of urea groups is 1. The summed E-state index contributed by atoms with van der Waals surface area (Å²) < 4.78 is 10.4. The molecule has 136 valence electrons. The lowest BCUT2D eigenvalue weighted by atomic mass is 10.2. The van der Waals surface area contributed by atoms with Gasteiger partial charge in [-0.15, -0.1) is 11.3 Å². The largest absolute Gasteiger partial charge is 0.495 e. The molecular weight excluding hydrogens is 362 g/mol. The summed E-state index contributed by atoms with van der Waals surface area (Å²) >= 11 is 7.78. The summed E-state index contributed by atoms with van der Waals surface area (Å²) in [4.78, 5) is 15.5. The second kappa shape index (κ2) is 8.94. The zero-order valence-electron chi connectivity index (χ0n) is 14.6. The van der Waals surface area contributed by atoms with Gasteiger partial charge in [0.25, 0.3) is 0 Å². The van der Waals surface area contributed by atoms with Crippen molar-refractivity contribution in [1.82, 2.24) is 10.2 Å². The Labute approximate surface area is 156 Å². The molecule has 1 aromatic heterocycles. The van der Waals surface area contributed by atoms with Gasteiger partial charge in [0.2, 0.25) is 0 Å². The SMILES string of the molecule is COc1cc(OC)c(NC(=O)NC[C@@H](c2cccs2)N(C)C)cc1Cl. The maximum atomic E-state index is 12.3. The number of nitrogens with zero attached hydrogens (tertiary/aromatic N) is 1. The van der Waals surface area contributed by atoms with Crippen LogP contribution in [0.3, 0.4) is 0 Å². The summed E-state index contributed by atoms with van der Waals surface area (Å²) in [5, 5.41) is 8.06. The minimum Gasteiger partial charge on any atom is -0.495 e. The Bertz CT molecular complexity index is 707. The summed E-state index contributed by atoms with van der Waals surface area (Å²) in [6.45, 7) is 0.478. The van der Waals surface area contributed by atoms with Crippen LogP contribution in [0.2, 0.25) is 5.02 Å². The molecule has 2 aromatic rings. The Morgan fingerprint density at radius 1 is 1.28 bits per heavy atom. The molecule has 0 saturated carbocycles. The zero-order chi connectivity index (χ0) is 18.4. The molecule has 8 heteroatoms. The second-order valence-corrected chi connectivity index (χ2v) is 6.90. The molecule has 0 aliphatic rings. The molecule has 1 aromatic carbocycles. The van der Waals surface area contributed by atoms with Gasteiger partial charge in [-0.2, -0.15) is 0 Å². The lowest BCUT2D eigenvalue weighted by molar-refractivity contribution is 0.244. The molecule has 2 rings (SSSR count). The number of likely N-dealkylation sites (N-methyl/N-ethyl adjacent to an activating group) is 1. The van der Waals surface area contributed by atoms with Gasteiger partial charge in [-0.1, -0.05) is 17.7 Å². The summed E-state index contributed by atoms with van der Waals surface area (Å²) in [6.07, 6.45) is 0. The van der Waals surface area contributed by atoms with Crippen molar-refractivity contribution in [2.45, 2.75) is 6.04 Å². The smallest absolute Gasteiger partial charge is 0.319 e. The number of carbonyl (C=O) groups excluding carboxylic acids is 1. The van der Waals surface area contributed by atoms with Crippen LogP contribution in [0.5, 0.6) is 11.5 Å². The number of benzene rings is 1. The summed E-state index contributed by atoms with van der Waals surface area (Å²) in [5.74, 6) is 0.952. The molecule has 0 radical (unpaired) electrons. The molecule has 0 bridgehead atoms. The third-order valence-corrected chi connectivity index (χ3v) is 4.94. The van der Waals surface area contributed by atoms with Gasteiger partial charge in [-0.25, -0.2) is 4.79 Å². The average molecular weight is 384 g/mol. The zero-order valence-corrected chi connectivity index (χ0v) is 16.2. The highest BCUT2D eigenvalue weighted by molar-refractivity contribution is 7.10. The number of carbonyl (C=O) groups is 1. The summed E-state index contributed by atoms with van der Waals surface area (Å²) in [6, 6.07) is 7.06. The molecule has 2 amide bonds. The Morgan fingerprint density at radius 2 is 2.00 bits per heavy atom. The Balaban J connectivity index is 2.03. The van der Waals surface area contributed by atoms with Crippen LogP contribution in [-0.4, -0.2) is 45.8 Å². The monoisotopic (exact) mass is 383 g/mol. The fourth-order valence-corrected chi connectivity index (χ4v) is 3.50. The Hall–Kier alpha value is -1.96. The number of thiophene rings is 1. The van der Waals surface area contributed by atoms with E-state index in [4.69, 9.17) is 21.1 Å². The van der Waals surface area contributed by atoms with Crippen molar-refractivity contribution in [3.8, 4) is 11.5 Å². The van der Waals surface area contributed by atoms with Crippen LogP contribution in [0.1, 0.15) is 10.9 Å². The minimum atomic E-state index is -0.331. The summed E-state index contributed by atoms with van der Waals surface area (Å²) in [7, 11) is 7.00. The van der Waals surface area contributed by atoms with E-state index >= 15 is 0 Å². The quantitative estimate of drug-likeness (QED) is 0.762. The van der Waals surface area contributed by atoms with Crippen molar-refractivity contribution < 1.29 is 14.3 Å². The van der Waals surface area contributed by atoms with Crippen molar-refractivity contribution in [3.05, 3.63) is 39.5 Å². The van der Waals surface area contributed by atoms with E-state index in [0.717, 1.165) is 0 Å². The number of hydrogen-bond donors (Lipinski definition) is 2. The van der Waals surface area contributed by atoms with Crippen LogP contribution in [0.25, 0.3) is 0 Å². The molecule has 0 spiro atoms. The van der Waals surface area contributed by atoms with E-state index in [9.17, 15) is 4.79 Å². The molecule has 1 atom stereocenters. The molecule has 25 heavy (non-hydrogen) atoms. The van der Waals surface area contributed by atoms with Crippen LogP contribution in [0.15, 0.2) is 29.6 Å². The minimum absolute atomic E-state index is 0.104. The summed E-state index contributed by atoms with van der Waals surface area (Å²) in [5.41, 5.74) is 0.475. The van der Waals surface area contributed by atoms with Gasteiger partial charge in [-0.3, -0.25) is 0 Å². The number of halogens is 1. The fraction of sp³-hybridized carbons (Fsp3) is 0.353. The lowest BCUT2D eigenvalue weighted by Crippen LogP contribution is -2.36. The van der Waals surface area contributed by atoms with Gasteiger partial charge in [0.05, 0.1) is 31.0 Å². The maximum absolute atomic E-state index is 12.3. The molecular formula is C17H22ClN3O3S. The number of rotatable bonds is 7. The molecule has 0 aliphatic carbocycles. The number of methoxy groups -OCH3 is 2. The third kappa shape index (κ3) is 5.01. The number of anilines is 1. The van der Waals surface area contributed by atoms with Crippen LogP contribution < -0.4 is 20.1 Å². The highest BCUT2D eigenvalue weighted by Gasteiger charge is 2.17. The molecule has 1 heterocycles. The lowest BCUT2D eigenvalue weighted by Gasteiger charge is -2.23. The van der Waals surface area contributed by atoms with Crippen LogP contribution in [0.4, 0.5) is 10.5 Å². The maximum Gasteiger partial charge on any atom is 0.319 e.